The first-order chi connectivity index (χ1) is 18.6. The summed E-state index contributed by atoms with van der Waals surface area (Å²) < 4.78 is 9.62. The summed E-state index contributed by atoms with van der Waals surface area (Å²) in [7, 11) is 1.59. The van der Waals surface area contributed by atoms with Crippen molar-refractivity contribution in [3.8, 4) is 5.75 Å². The number of hydrogen-bond donors (Lipinski definition) is 2. The van der Waals surface area contributed by atoms with Gasteiger partial charge in [0.1, 0.15) is 18.4 Å². The van der Waals surface area contributed by atoms with Gasteiger partial charge >= 0.3 is 0 Å². The molecular weight excluding hydrogens is 512 g/mol. The highest BCUT2D eigenvalue weighted by atomic mass is 32.1. The number of methoxy groups -OCH3 is 1. The molecule has 1 saturated heterocycles. The third-order valence-electron chi connectivity index (χ3n) is 6.88. The number of amides is 1. The number of pyridine rings is 1. The Morgan fingerprint density at radius 2 is 1.85 bits per heavy atom. The summed E-state index contributed by atoms with van der Waals surface area (Å²) in [6.45, 7) is 9.73. The Labute approximate surface area is 233 Å². The topological polar surface area (TPSA) is 102 Å². The van der Waals surface area contributed by atoms with E-state index >= 15 is 0 Å². The number of nitrogens with one attached hydrogen (secondary N) is 2. The second kappa shape index (κ2) is 10.1. The summed E-state index contributed by atoms with van der Waals surface area (Å²) in [6.07, 6.45) is 5.13. The highest BCUT2D eigenvalue weighted by molar-refractivity contribution is 7.80. The minimum Gasteiger partial charge on any atom is -0.494 e. The molecule has 1 aliphatic heterocycles. The molecule has 10 nitrogen and oxygen atoms in total. The normalized spacial score (nSPS) is 17.3. The average Bonchev–Trinajstić information content (AvgIpc) is 3.62. The highest BCUT2D eigenvalue weighted by Gasteiger charge is 2.42. The number of rotatable bonds is 6. The number of carbonyl (C=O) groups excluding carboxylic acids is 1. The lowest BCUT2D eigenvalue weighted by Crippen LogP contribution is -2.30. The van der Waals surface area contributed by atoms with Crippen LogP contribution in [0.1, 0.15) is 55.5 Å². The van der Waals surface area contributed by atoms with Gasteiger partial charge < -0.3 is 20.3 Å². The lowest BCUT2D eigenvalue weighted by atomic mass is 9.95. The zero-order valence-electron chi connectivity index (χ0n) is 22.8. The van der Waals surface area contributed by atoms with Gasteiger partial charge in [-0.2, -0.15) is 0 Å². The van der Waals surface area contributed by atoms with Crippen molar-refractivity contribution in [3.63, 3.8) is 0 Å². The Morgan fingerprint density at radius 1 is 1.10 bits per heavy atom. The van der Waals surface area contributed by atoms with Crippen molar-refractivity contribution < 1.29 is 9.53 Å². The van der Waals surface area contributed by atoms with E-state index in [4.69, 9.17) is 17.0 Å². The van der Waals surface area contributed by atoms with Crippen LogP contribution in [0, 0.1) is 19.3 Å². The van der Waals surface area contributed by atoms with E-state index < -0.39 is 5.41 Å². The first kappa shape index (κ1) is 26.4. The Hall–Kier alpha value is -4.25. The van der Waals surface area contributed by atoms with Gasteiger partial charge in [-0.1, -0.05) is 26.8 Å². The zero-order chi connectivity index (χ0) is 27.9. The summed E-state index contributed by atoms with van der Waals surface area (Å²) in [4.78, 5) is 19.4. The molecule has 3 aromatic heterocycles. The lowest BCUT2D eigenvalue weighted by Gasteiger charge is -2.29. The molecule has 0 saturated carbocycles. The minimum absolute atomic E-state index is 0.0959. The molecule has 2 N–H and O–H groups in total. The van der Waals surface area contributed by atoms with Crippen LogP contribution in [0.4, 0.5) is 11.4 Å². The first-order valence-electron chi connectivity index (χ1n) is 12.6. The van der Waals surface area contributed by atoms with Crippen molar-refractivity contribution >= 4 is 34.6 Å². The fourth-order valence-electron chi connectivity index (χ4n) is 4.92. The number of anilines is 2. The Balaban J connectivity index is 1.62. The van der Waals surface area contributed by atoms with E-state index in [1.165, 1.54) is 0 Å². The predicted molar refractivity (Wildman–Crippen MR) is 154 cm³/mol. The largest absolute Gasteiger partial charge is 0.494 e. The lowest BCUT2D eigenvalue weighted by molar-refractivity contribution is -0.123. The smallest absolute Gasteiger partial charge is 0.229 e. The number of hydrogen-bond acceptors (Lipinski definition) is 6. The Morgan fingerprint density at radius 3 is 2.49 bits per heavy atom. The number of nitrogens with zero attached hydrogens (tertiary/aromatic N) is 6. The van der Waals surface area contributed by atoms with Crippen molar-refractivity contribution in [2.45, 2.75) is 46.7 Å². The molecule has 0 aliphatic carbocycles. The molecule has 1 aromatic carbocycles. The number of benzene rings is 1. The van der Waals surface area contributed by atoms with E-state index in [2.05, 4.69) is 48.4 Å². The summed E-state index contributed by atoms with van der Waals surface area (Å²) in [6, 6.07) is 13.3. The number of carbonyl (C=O) groups is 1. The van der Waals surface area contributed by atoms with Crippen molar-refractivity contribution in [2.24, 2.45) is 5.41 Å². The van der Waals surface area contributed by atoms with Crippen molar-refractivity contribution in [2.75, 3.05) is 17.3 Å². The molecule has 0 spiro atoms. The third-order valence-corrected chi connectivity index (χ3v) is 7.20. The monoisotopic (exact) mass is 544 g/mol. The van der Waals surface area contributed by atoms with Gasteiger partial charge in [-0.3, -0.25) is 14.5 Å². The van der Waals surface area contributed by atoms with E-state index in [1.54, 1.807) is 26.0 Å². The van der Waals surface area contributed by atoms with Crippen LogP contribution >= 0.6 is 12.2 Å². The second-order valence-electron chi connectivity index (χ2n) is 10.6. The van der Waals surface area contributed by atoms with Crippen LogP contribution < -0.4 is 20.3 Å². The predicted octanol–water partition coefficient (Wildman–Crippen LogP) is 4.57. The fourth-order valence-corrected chi connectivity index (χ4v) is 5.27. The Bertz CT molecular complexity index is 1510. The van der Waals surface area contributed by atoms with Crippen LogP contribution in [0.5, 0.6) is 5.75 Å². The van der Waals surface area contributed by atoms with Crippen molar-refractivity contribution in [3.05, 3.63) is 84.0 Å². The average molecular weight is 545 g/mol. The summed E-state index contributed by atoms with van der Waals surface area (Å²) in [5, 5.41) is 15.0. The summed E-state index contributed by atoms with van der Waals surface area (Å²) >= 11 is 5.91. The number of aromatic nitrogens is 5. The molecule has 0 unspecified atom stereocenters. The molecule has 0 bridgehead atoms. The van der Waals surface area contributed by atoms with E-state index in [9.17, 15) is 4.79 Å². The quantitative estimate of drug-likeness (QED) is 0.340. The fraction of sp³-hybridized carbons (Fsp3) is 0.321. The maximum absolute atomic E-state index is 12.7. The van der Waals surface area contributed by atoms with E-state index in [-0.39, 0.29) is 18.0 Å². The van der Waals surface area contributed by atoms with Crippen LogP contribution in [0.2, 0.25) is 0 Å². The van der Waals surface area contributed by atoms with E-state index in [0.29, 0.717) is 16.5 Å². The van der Waals surface area contributed by atoms with Gasteiger partial charge in [0.15, 0.2) is 5.11 Å². The van der Waals surface area contributed by atoms with Crippen LogP contribution in [0.15, 0.2) is 61.3 Å². The van der Waals surface area contributed by atoms with Crippen molar-refractivity contribution in [1.29, 1.82) is 0 Å². The summed E-state index contributed by atoms with van der Waals surface area (Å²) in [5.74, 6) is 0.448. The second-order valence-corrected chi connectivity index (χ2v) is 11.0. The number of aryl methyl sites for hydroxylation is 1. The molecule has 39 heavy (non-hydrogen) atoms. The van der Waals surface area contributed by atoms with Gasteiger partial charge in [0, 0.05) is 40.3 Å². The maximum atomic E-state index is 12.7. The maximum Gasteiger partial charge on any atom is 0.229 e. The minimum atomic E-state index is -0.543. The molecule has 202 valence electrons. The van der Waals surface area contributed by atoms with E-state index in [0.717, 1.165) is 28.3 Å². The molecule has 1 aliphatic rings. The van der Waals surface area contributed by atoms with Gasteiger partial charge in [0.25, 0.3) is 0 Å². The van der Waals surface area contributed by atoms with Crippen LogP contribution in [-0.4, -0.2) is 42.7 Å². The first-order valence-corrected chi connectivity index (χ1v) is 13.0. The number of thiocarbonyl (C=S) groups is 1. The molecule has 5 rings (SSSR count). The SMILES string of the molecule is COc1cc(N2C(=S)N[C@@H](c3ccccn3)[C@H]2c2cc(C)n(-n3cnnc3)c2C)ccc1NC(=O)C(C)(C)C. The molecule has 2 atom stereocenters. The van der Waals surface area contributed by atoms with Gasteiger partial charge in [0.2, 0.25) is 5.91 Å². The van der Waals surface area contributed by atoms with Gasteiger partial charge in [-0.25, -0.2) is 4.68 Å². The van der Waals surface area contributed by atoms with Crippen LogP contribution in [0.25, 0.3) is 0 Å². The van der Waals surface area contributed by atoms with Gasteiger partial charge in [-0.15, -0.1) is 10.2 Å². The molecule has 1 amide bonds. The molecule has 11 heteroatoms. The van der Waals surface area contributed by atoms with E-state index in [1.807, 2.05) is 68.8 Å². The van der Waals surface area contributed by atoms with Crippen LogP contribution in [-0.2, 0) is 4.79 Å². The Kier molecular flexibility index (Phi) is 6.85. The third kappa shape index (κ3) is 4.85. The molecule has 1 fully saturated rings. The molecular formula is C28H32N8O2S. The zero-order valence-corrected chi connectivity index (χ0v) is 23.7. The molecule has 4 aromatic rings. The standard InChI is InChI=1S/C28H32N8O2S/c1-17-13-20(18(2)36(17)34-15-30-31-16-34)25-24(22-9-7-8-12-29-22)33-27(39)35(25)19-10-11-21(23(14-19)38-6)32-26(37)28(3,4)5/h7-16,24-25H,1-6H3,(H,32,37)(H,33,39)/t24-,25+/m0/s1. The van der Waals surface area contributed by atoms with Gasteiger partial charge in [0.05, 0.1) is 30.6 Å². The van der Waals surface area contributed by atoms with Crippen LogP contribution in [0.3, 0.4) is 0 Å². The van der Waals surface area contributed by atoms with Crippen molar-refractivity contribution in [1.82, 2.24) is 29.9 Å². The highest BCUT2D eigenvalue weighted by Crippen LogP contribution is 2.44. The number of ether oxygens (including phenoxy) is 1. The van der Waals surface area contributed by atoms with Gasteiger partial charge in [-0.05, 0) is 56.4 Å². The summed E-state index contributed by atoms with van der Waals surface area (Å²) in [5.41, 5.74) is 4.89. The molecule has 0 radical (unpaired) electrons. The molecule has 4 heterocycles.